The number of hydrogen-bond donors (Lipinski definition) is 0. The molecule has 7 heteroatoms. The van der Waals surface area contributed by atoms with Crippen LogP contribution in [0.2, 0.25) is 0 Å². The van der Waals surface area contributed by atoms with Crippen molar-refractivity contribution in [1.29, 1.82) is 0 Å². The fourth-order valence-corrected chi connectivity index (χ4v) is 4.95. The monoisotopic (exact) mass is 419 g/mol. The molecule has 7 nitrogen and oxygen atoms in total. The Morgan fingerprint density at radius 1 is 1.13 bits per heavy atom. The van der Waals surface area contributed by atoms with Gasteiger partial charge in [0.25, 0.3) is 0 Å². The molecule has 2 fully saturated rings. The van der Waals surface area contributed by atoms with Crippen LogP contribution in [-0.2, 0) is 16.1 Å². The van der Waals surface area contributed by atoms with E-state index in [-0.39, 0.29) is 17.9 Å². The summed E-state index contributed by atoms with van der Waals surface area (Å²) in [5, 5.41) is 5.99. The van der Waals surface area contributed by atoms with Crippen molar-refractivity contribution in [2.24, 2.45) is 11.8 Å². The van der Waals surface area contributed by atoms with E-state index in [1.165, 1.54) is 5.56 Å². The van der Waals surface area contributed by atoms with Crippen LogP contribution in [0.5, 0.6) is 0 Å². The van der Waals surface area contributed by atoms with E-state index in [0.29, 0.717) is 12.5 Å². The summed E-state index contributed by atoms with van der Waals surface area (Å²) in [4.78, 5) is 27.9. The third-order valence-corrected chi connectivity index (χ3v) is 6.67. The lowest BCUT2D eigenvalue weighted by Gasteiger charge is -2.32. The van der Waals surface area contributed by atoms with Gasteiger partial charge in [-0.15, -0.1) is 0 Å². The number of hydrogen-bond acceptors (Lipinski definition) is 5. The fraction of sp³-hybridized carbons (Fsp3) is 0.500. The number of carbonyl (C=O) groups excluding carboxylic acids is 1. The number of aromatic nitrogens is 4. The highest BCUT2D eigenvalue weighted by atomic mass is 16.7. The van der Waals surface area contributed by atoms with Gasteiger partial charge < -0.3 is 0 Å². The molecule has 0 N–H and O–H groups in total. The molecule has 4 heterocycles. The van der Waals surface area contributed by atoms with Gasteiger partial charge in [0.15, 0.2) is 5.65 Å². The van der Waals surface area contributed by atoms with Crippen molar-refractivity contribution in [3.05, 3.63) is 59.3 Å². The van der Waals surface area contributed by atoms with E-state index in [9.17, 15) is 4.79 Å². The van der Waals surface area contributed by atoms with Gasteiger partial charge in [0.1, 0.15) is 5.82 Å². The predicted octanol–water partition coefficient (Wildman–Crippen LogP) is 4.00. The average Bonchev–Trinajstić information content (AvgIpc) is 3.40. The van der Waals surface area contributed by atoms with Gasteiger partial charge in [-0.25, -0.2) is 14.6 Å². The second-order valence-corrected chi connectivity index (χ2v) is 8.95. The first kappa shape index (κ1) is 20.1. The van der Waals surface area contributed by atoms with Gasteiger partial charge in [-0.3, -0.25) is 14.6 Å². The third kappa shape index (κ3) is 4.19. The van der Waals surface area contributed by atoms with Crippen molar-refractivity contribution >= 4 is 11.6 Å². The molecule has 0 bridgehead atoms. The topological polar surface area (TPSA) is 72.6 Å². The summed E-state index contributed by atoms with van der Waals surface area (Å²) in [6.45, 7) is 4.47. The predicted molar refractivity (Wildman–Crippen MR) is 116 cm³/mol. The standard InChI is InChI=1S/C24H29N5O2/c1-16-3-6-21(15-25-16)22-10-12-31-29(22)24(30)20-7-4-18(5-8-20)13-19-9-11-28-23(14-19)26-17(2)27-28/h3,6,9,11,14-15,18,20,22H,4-5,7-8,10,12-13H2,1-2H3/t18?,20?,22-/m0/s1. The summed E-state index contributed by atoms with van der Waals surface area (Å²) in [5.74, 6) is 1.59. The van der Waals surface area contributed by atoms with Crippen LogP contribution in [0, 0.1) is 25.7 Å². The first-order valence-electron chi connectivity index (χ1n) is 11.3. The van der Waals surface area contributed by atoms with Gasteiger partial charge in [0, 0.05) is 30.4 Å². The lowest BCUT2D eigenvalue weighted by Crippen LogP contribution is -2.36. The van der Waals surface area contributed by atoms with Crippen molar-refractivity contribution in [2.45, 2.75) is 58.4 Å². The normalized spacial score (nSPS) is 24.1. The number of fused-ring (bicyclic) bond motifs is 1. The van der Waals surface area contributed by atoms with Crippen LogP contribution >= 0.6 is 0 Å². The van der Waals surface area contributed by atoms with Crippen molar-refractivity contribution in [2.75, 3.05) is 6.61 Å². The summed E-state index contributed by atoms with van der Waals surface area (Å²) in [7, 11) is 0. The van der Waals surface area contributed by atoms with Crippen molar-refractivity contribution in [3.8, 4) is 0 Å². The average molecular weight is 420 g/mol. The Hall–Kier alpha value is -2.80. The lowest BCUT2D eigenvalue weighted by atomic mass is 9.79. The Bertz CT molecular complexity index is 1070. The van der Waals surface area contributed by atoms with Gasteiger partial charge in [0.2, 0.25) is 5.91 Å². The van der Waals surface area contributed by atoms with Gasteiger partial charge in [0.05, 0.1) is 12.6 Å². The molecule has 5 rings (SSSR count). The summed E-state index contributed by atoms with van der Waals surface area (Å²) >= 11 is 0. The van der Waals surface area contributed by atoms with Crippen LogP contribution in [0.3, 0.4) is 0 Å². The molecule has 1 aliphatic heterocycles. The molecule has 1 saturated heterocycles. The van der Waals surface area contributed by atoms with Crippen LogP contribution in [0.15, 0.2) is 36.7 Å². The molecule has 1 atom stereocenters. The summed E-state index contributed by atoms with van der Waals surface area (Å²) in [6.07, 6.45) is 9.71. The quantitative estimate of drug-likeness (QED) is 0.639. The van der Waals surface area contributed by atoms with Crippen molar-refractivity contribution < 1.29 is 9.63 Å². The van der Waals surface area contributed by atoms with E-state index < -0.39 is 0 Å². The highest BCUT2D eigenvalue weighted by molar-refractivity contribution is 5.78. The summed E-state index contributed by atoms with van der Waals surface area (Å²) in [6, 6.07) is 8.31. The molecule has 3 aromatic heterocycles. The minimum absolute atomic E-state index is 0.0170. The third-order valence-electron chi connectivity index (χ3n) is 6.67. The molecule has 0 radical (unpaired) electrons. The maximum atomic E-state index is 13.2. The SMILES string of the molecule is Cc1ccc([C@@H]2CCON2C(=O)C2CCC(Cc3ccn4nc(C)nc4c3)CC2)cn1. The van der Waals surface area contributed by atoms with Crippen LogP contribution < -0.4 is 0 Å². The molecule has 1 aliphatic carbocycles. The summed E-state index contributed by atoms with van der Waals surface area (Å²) in [5.41, 5.74) is 4.24. The largest absolute Gasteiger partial charge is 0.272 e. The maximum absolute atomic E-state index is 13.2. The Balaban J connectivity index is 1.19. The highest BCUT2D eigenvalue weighted by Crippen LogP contribution is 2.37. The maximum Gasteiger partial charge on any atom is 0.249 e. The number of aryl methyl sites for hydroxylation is 2. The van der Waals surface area contributed by atoms with Gasteiger partial charge in [-0.1, -0.05) is 6.07 Å². The second kappa shape index (κ2) is 8.38. The fourth-order valence-electron chi connectivity index (χ4n) is 4.95. The number of rotatable bonds is 4. The Morgan fingerprint density at radius 3 is 2.74 bits per heavy atom. The zero-order valence-corrected chi connectivity index (χ0v) is 18.2. The molecule has 0 unspecified atom stereocenters. The zero-order valence-electron chi connectivity index (χ0n) is 18.2. The number of nitrogens with zero attached hydrogens (tertiary/aromatic N) is 5. The van der Waals surface area contributed by atoms with E-state index in [1.807, 2.05) is 36.8 Å². The zero-order chi connectivity index (χ0) is 21.4. The van der Waals surface area contributed by atoms with E-state index in [0.717, 1.165) is 61.3 Å². The van der Waals surface area contributed by atoms with Gasteiger partial charge >= 0.3 is 0 Å². The van der Waals surface area contributed by atoms with Gasteiger partial charge in [-0.2, -0.15) is 5.10 Å². The molecule has 31 heavy (non-hydrogen) atoms. The molecule has 162 valence electrons. The van der Waals surface area contributed by atoms with Crippen LogP contribution in [-0.4, -0.2) is 37.2 Å². The molecule has 0 aromatic carbocycles. The molecule has 1 saturated carbocycles. The van der Waals surface area contributed by atoms with Gasteiger partial charge in [-0.05, 0) is 81.2 Å². The molecule has 1 amide bonds. The van der Waals surface area contributed by atoms with E-state index >= 15 is 0 Å². The second-order valence-electron chi connectivity index (χ2n) is 8.95. The smallest absolute Gasteiger partial charge is 0.249 e. The Labute approximate surface area is 182 Å². The molecule has 2 aliphatic rings. The molecular weight excluding hydrogens is 390 g/mol. The highest BCUT2D eigenvalue weighted by Gasteiger charge is 2.37. The summed E-state index contributed by atoms with van der Waals surface area (Å²) < 4.78 is 1.82. The van der Waals surface area contributed by atoms with Crippen LogP contribution in [0.25, 0.3) is 5.65 Å². The minimum Gasteiger partial charge on any atom is -0.272 e. The van der Waals surface area contributed by atoms with Crippen molar-refractivity contribution in [1.82, 2.24) is 24.6 Å². The van der Waals surface area contributed by atoms with Crippen LogP contribution in [0.1, 0.15) is 60.8 Å². The van der Waals surface area contributed by atoms with Crippen molar-refractivity contribution in [3.63, 3.8) is 0 Å². The lowest BCUT2D eigenvalue weighted by molar-refractivity contribution is -0.183. The first-order valence-corrected chi connectivity index (χ1v) is 11.3. The molecule has 0 spiro atoms. The Morgan fingerprint density at radius 2 is 1.97 bits per heavy atom. The molecule has 3 aromatic rings. The molecular formula is C24H29N5O2. The number of pyridine rings is 2. The first-order chi connectivity index (χ1) is 15.1. The van der Waals surface area contributed by atoms with Crippen LogP contribution in [0.4, 0.5) is 0 Å². The van der Waals surface area contributed by atoms with E-state index in [2.05, 4.69) is 33.3 Å². The number of hydroxylamine groups is 2. The number of carbonyl (C=O) groups is 1. The minimum atomic E-state index is -0.0170. The van der Waals surface area contributed by atoms with E-state index in [4.69, 9.17) is 4.84 Å². The number of amides is 1. The van der Waals surface area contributed by atoms with E-state index in [1.54, 1.807) is 5.06 Å². The Kier molecular flexibility index (Phi) is 5.44.